The molecule has 0 aromatic heterocycles. The Kier molecular flexibility index (Phi) is 3.47. The molecule has 0 amide bonds. The van der Waals surface area contributed by atoms with Gasteiger partial charge < -0.3 is 4.90 Å². The Labute approximate surface area is 56.9 Å². The van der Waals surface area contributed by atoms with Crippen LogP contribution in [0, 0.1) is 5.92 Å². The van der Waals surface area contributed by atoms with Crippen LogP contribution in [0.2, 0.25) is 0 Å². The summed E-state index contributed by atoms with van der Waals surface area (Å²) in [6.45, 7) is 4.44. The fourth-order valence-electron chi connectivity index (χ4n) is 0.676. The number of carbonyl (C=O) groups is 1. The molecular formula is C7H15NO. The van der Waals surface area contributed by atoms with Crippen LogP contribution >= 0.6 is 0 Å². The van der Waals surface area contributed by atoms with E-state index >= 15 is 0 Å². The van der Waals surface area contributed by atoms with Crippen molar-refractivity contribution in [2.75, 3.05) is 20.6 Å². The van der Waals surface area contributed by atoms with E-state index in [1.165, 1.54) is 0 Å². The van der Waals surface area contributed by atoms with Gasteiger partial charge in [-0.2, -0.15) is 0 Å². The van der Waals surface area contributed by atoms with Crippen molar-refractivity contribution in [3.8, 4) is 0 Å². The van der Waals surface area contributed by atoms with Crippen LogP contribution in [0.3, 0.4) is 0 Å². The SMILES string of the molecule is CC(=O)[C@H](C)CN(C)C. The van der Waals surface area contributed by atoms with Crippen molar-refractivity contribution in [2.24, 2.45) is 5.92 Å². The average molecular weight is 129 g/mol. The maximum Gasteiger partial charge on any atom is 0.133 e. The monoisotopic (exact) mass is 129 g/mol. The van der Waals surface area contributed by atoms with Crippen molar-refractivity contribution >= 4 is 5.78 Å². The molecule has 9 heavy (non-hydrogen) atoms. The Hall–Kier alpha value is -0.370. The van der Waals surface area contributed by atoms with E-state index in [1.54, 1.807) is 6.92 Å². The van der Waals surface area contributed by atoms with Crippen LogP contribution in [-0.4, -0.2) is 31.3 Å². The molecule has 0 rings (SSSR count). The molecule has 0 bridgehead atoms. The number of hydrogen-bond acceptors (Lipinski definition) is 2. The molecule has 0 N–H and O–H groups in total. The van der Waals surface area contributed by atoms with E-state index in [0.29, 0.717) is 0 Å². The minimum Gasteiger partial charge on any atom is -0.309 e. The van der Waals surface area contributed by atoms with E-state index in [2.05, 4.69) is 0 Å². The average Bonchev–Trinajstić information content (AvgIpc) is 1.63. The van der Waals surface area contributed by atoms with Crippen molar-refractivity contribution in [2.45, 2.75) is 13.8 Å². The van der Waals surface area contributed by atoms with Crippen LogP contribution < -0.4 is 0 Å². The largest absolute Gasteiger partial charge is 0.309 e. The van der Waals surface area contributed by atoms with Gasteiger partial charge in [-0.3, -0.25) is 4.79 Å². The molecular weight excluding hydrogens is 114 g/mol. The number of Topliss-reactive ketones (excluding diaryl/α,β-unsaturated/α-hetero) is 1. The third-order valence-corrected chi connectivity index (χ3v) is 1.33. The molecule has 0 saturated heterocycles. The lowest BCUT2D eigenvalue weighted by atomic mass is 10.1. The predicted molar refractivity (Wildman–Crippen MR) is 38.4 cm³/mol. The summed E-state index contributed by atoms with van der Waals surface area (Å²) >= 11 is 0. The molecule has 0 aliphatic heterocycles. The van der Waals surface area contributed by atoms with Gasteiger partial charge in [-0.1, -0.05) is 6.92 Å². The normalized spacial score (nSPS) is 13.9. The summed E-state index contributed by atoms with van der Waals surface area (Å²) in [5.74, 6) is 0.448. The molecule has 0 saturated carbocycles. The second-order valence-electron chi connectivity index (χ2n) is 2.77. The minimum atomic E-state index is 0.181. The first-order valence-electron chi connectivity index (χ1n) is 3.19. The van der Waals surface area contributed by atoms with Gasteiger partial charge in [0.15, 0.2) is 0 Å². The van der Waals surface area contributed by atoms with Crippen molar-refractivity contribution < 1.29 is 4.79 Å². The molecule has 0 aromatic carbocycles. The molecule has 0 aliphatic carbocycles. The van der Waals surface area contributed by atoms with Crippen LogP contribution in [0.4, 0.5) is 0 Å². The van der Waals surface area contributed by atoms with E-state index in [-0.39, 0.29) is 11.7 Å². The zero-order chi connectivity index (χ0) is 7.44. The lowest BCUT2D eigenvalue weighted by Crippen LogP contribution is -2.23. The first-order chi connectivity index (χ1) is 4.04. The van der Waals surface area contributed by atoms with Crippen LogP contribution in [0.25, 0.3) is 0 Å². The summed E-state index contributed by atoms with van der Waals surface area (Å²) in [4.78, 5) is 12.7. The molecule has 0 heterocycles. The minimum absolute atomic E-state index is 0.181. The van der Waals surface area contributed by atoms with E-state index < -0.39 is 0 Å². The Morgan fingerprint density at radius 2 is 2.00 bits per heavy atom. The van der Waals surface area contributed by atoms with Gasteiger partial charge in [-0.05, 0) is 21.0 Å². The second kappa shape index (κ2) is 3.62. The van der Waals surface area contributed by atoms with E-state index in [9.17, 15) is 4.79 Å². The molecule has 0 spiro atoms. The molecule has 2 heteroatoms. The molecule has 54 valence electrons. The van der Waals surface area contributed by atoms with Gasteiger partial charge in [0.2, 0.25) is 0 Å². The molecule has 2 nitrogen and oxygen atoms in total. The Bertz CT molecular complexity index is 99.1. The molecule has 0 radical (unpaired) electrons. The smallest absolute Gasteiger partial charge is 0.133 e. The second-order valence-corrected chi connectivity index (χ2v) is 2.77. The van der Waals surface area contributed by atoms with Gasteiger partial charge in [0.05, 0.1) is 0 Å². The first kappa shape index (κ1) is 8.63. The van der Waals surface area contributed by atoms with Crippen molar-refractivity contribution in [3.63, 3.8) is 0 Å². The van der Waals surface area contributed by atoms with Crippen molar-refractivity contribution in [3.05, 3.63) is 0 Å². The zero-order valence-corrected chi connectivity index (χ0v) is 6.64. The lowest BCUT2D eigenvalue weighted by molar-refractivity contribution is -0.120. The fourth-order valence-corrected chi connectivity index (χ4v) is 0.676. The molecule has 1 atom stereocenters. The summed E-state index contributed by atoms with van der Waals surface area (Å²) < 4.78 is 0. The number of ketones is 1. The van der Waals surface area contributed by atoms with E-state index in [0.717, 1.165) is 6.54 Å². The van der Waals surface area contributed by atoms with Gasteiger partial charge >= 0.3 is 0 Å². The highest BCUT2D eigenvalue weighted by atomic mass is 16.1. The Morgan fingerprint density at radius 1 is 1.56 bits per heavy atom. The number of nitrogens with zero attached hydrogens (tertiary/aromatic N) is 1. The molecule has 0 aromatic rings. The maximum absolute atomic E-state index is 10.7. The molecule has 0 unspecified atom stereocenters. The third kappa shape index (κ3) is 4.15. The Morgan fingerprint density at radius 3 is 2.11 bits per heavy atom. The highest BCUT2D eigenvalue weighted by Crippen LogP contribution is 1.96. The van der Waals surface area contributed by atoms with Crippen LogP contribution in [0.1, 0.15) is 13.8 Å². The van der Waals surface area contributed by atoms with Crippen LogP contribution in [-0.2, 0) is 4.79 Å². The lowest BCUT2D eigenvalue weighted by Gasteiger charge is -2.13. The topological polar surface area (TPSA) is 20.3 Å². The summed E-state index contributed by atoms with van der Waals surface area (Å²) in [5, 5.41) is 0. The van der Waals surface area contributed by atoms with Crippen molar-refractivity contribution in [1.29, 1.82) is 0 Å². The standard InChI is InChI=1S/C7H15NO/c1-6(7(2)9)5-8(3)4/h6H,5H2,1-4H3/t6-/m1/s1. The zero-order valence-electron chi connectivity index (χ0n) is 6.64. The van der Waals surface area contributed by atoms with Crippen molar-refractivity contribution in [1.82, 2.24) is 4.90 Å². The van der Waals surface area contributed by atoms with Gasteiger partial charge in [-0.25, -0.2) is 0 Å². The number of hydrogen-bond donors (Lipinski definition) is 0. The first-order valence-corrected chi connectivity index (χ1v) is 3.19. The number of rotatable bonds is 3. The van der Waals surface area contributed by atoms with Gasteiger partial charge in [0.1, 0.15) is 5.78 Å². The third-order valence-electron chi connectivity index (χ3n) is 1.33. The van der Waals surface area contributed by atoms with Crippen LogP contribution in [0.15, 0.2) is 0 Å². The predicted octanol–water partition coefficient (Wildman–Crippen LogP) is 0.773. The fraction of sp³-hybridized carbons (Fsp3) is 0.857. The summed E-state index contributed by atoms with van der Waals surface area (Å²) in [5.41, 5.74) is 0. The summed E-state index contributed by atoms with van der Waals surface area (Å²) in [6.07, 6.45) is 0. The quantitative estimate of drug-likeness (QED) is 0.561. The summed E-state index contributed by atoms with van der Waals surface area (Å²) in [7, 11) is 3.94. The highest BCUT2D eigenvalue weighted by molar-refractivity contribution is 5.78. The summed E-state index contributed by atoms with van der Waals surface area (Å²) in [6, 6.07) is 0. The van der Waals surface area contributed by atoms with Gasteiger partial charge in [0, 0.05) is 12.5 Å². The van der Waals surface area contributed by atoms with E-state index in [4.69, 9.17) is 0 Å². The maximum atomic E-state index is 10.7. The Balaban J connectivity index is 3.50. The number of carbonyl (C=O) groups excluding carboxylic acids is 1. The highest BCUT2D eigenvalue weighted by Gasteiger charge is 2.06. The van der Waals surface area contributed by atoms with Gasteiger partial charge in [-0.15, -0.1) is 0 Å². The van der Waals surface area contributed by atoms with Crippen LogP contribution in [0.5, 0.6) is 0 Å². The van der Waals surface area contributed by atoms with Gasteiger partial charge in [0.25, 0.3) is 0 Å². The molecule has 0 aliphatic rings. The molecule has 0 fully saturated rings. The van der Waals surface area contributed by atoms with E-state index in [1.807, 2.05) is 25.9 Å².